The van der Waals surface area contributed by atoms with Crippen molar-refractivity contribution in [3.8, 4) is 0 Å². The molecule has 43 heavy (non-hydrogen) atoms. The topological polar surface area (TPSA) is 116 Å². The van der Waals surface area contributed by atoms with Crippen molar-refractivity contribution < 1.29 is 19.1 Å². The molecule has 2 aromatic rings. The van der Waals surface area contributed by atoms with Gasteiger partial charge in [-0.15, -0.1) is 11.3 Å². The molecule has 238 valence electrons. The zero-order valence-corrected chi connectivity index (χ0v) is 27.3. The molecule has 2 aliphatic rings. The lowest BCUT2D eigenvalue weighted by molar-refractivity contribution is -0.130. The van der Waals surface area contributed by atoms with Crippen LogP contribution in [0.25, 0.3) is 10.2 Å². The lowest BCUT2D eigenvalue weighted by atomic mass is 9.91. The highest BCUT2D eigenvalue weighted by Crippen LogP contribution is 2.27. The molecule has 3 N–H and O–H groups in total. The van der Waals surface area contributed by atoms with E-state index in [0.717, 1.165) is 60.8 Å². The molecule has 0 saturated carbocycles. The molecule has 3 atom stereocenters. The molecule has 1 unspecified atom stereocenters. The molecule has 0 aliphatic carbocycles. The van der Waals surface area contributed by atoms with Gasteiger partial charge in [-0.2, -0.15) is 0 Å². The van der Waals surface area contributed by atoms with Crippen LogP contribution in [0.3, 0.4) is 0 Å². The first-order chi connectivity index (χ1) is 20.6. The van der Waals surface area contributed by atoms with Gasteiger partial charge in [0.05, 0.1) is 15.2 Å². The predicted octanol–water partition coefficient (Wildman–Crippen LogP) is 2.77. The second kappa shape index (κ2) is 15.9. The summed E-state index contributed by atoms with van der Waals surface area (Å²) in [7, 11) is 2.12. The van der Waals surface area contributed by atoms with Gasteiger partial charge in [-0.05, 0) is 49.4 Å². The number of ether oxygens (including phenoxy) is 1. The summed E-state index contributed by atoms with van der Waals surface area (Å²) < 4.78 is 6.66. The Morgan fingerprint density at radius 3 is 2.44 bits per heavy atom. The van der Waals surface area contributed by atoms with E-state index in [4.69, 9.17) is 9.72 Å². The van der Waals surface area contributed by atoms with Gasteiger partial charge in [0.15, 0.2) is 0 Å². The summed E-state index contributed by atoms with van der Waals surface area (Å²) in [4.78, 5) is 48.8. The summed E-state index contributed by atoms with van der Waals surface area (Å²) in [6.45, 7) is 14.3. The Labute approximate surface area is 260 Å². The molecule has 3 heterocycles. The van der Waals surface area contributed by atoms with Gasteiger partial charge in [0.2, 0.25) is 17.7 Å². The molecule has 1 aromatic heterocycles. The van der Waals surface area contributed by atoms with Crippen LogP contribution in [0.2, 0.25) is 0 Å². The Morgan fingerprint density at radius 2 is 1.77 bits per heavy atom. The van der Waals surface area contributed by atoms with Gasteiger partial charge >= 0.3 is 0 Å². The highest BCUT2D eigenvalue weighted by molar-refractivity contribution is 7.18. The number of likely N-dealkylation sites (N-methyl/N-ethyl adjacent to an activating group) is 1. The maximum atomic E-state index is 13.8. The number of fused-ring (bicyclic) bond motifs is 1. The first-order valence-electron chi connectivity index (χ1n) is 15.9. The minimum absolute atomic E-state index is 0.00341. The summed E-state index contributed by atoms with van der Waals surface area (Å²) in [6.07, 6.45) is 2.20. The number of hydrogen-bond donors (Lipinski definition) is 3. The Hall–Kier alpha value is -2.60. The van der Waals surface area contributed by atoms with Gasteiger partial charge in [0.1, 0.15) is 6.04 Å². The number of nitrogens with zero attached hydrogens (tertiary/aromatic N) is 3. The van der Waals surface area contributed by atoms with Crippen LogP contribution in [0.4, 0.5) is 0 Å². The van der Waals surface area contributed by atoms with Crippen molar-refractivity contribution in [2.45, 2.75) is 71.4 Å². The monoisotopic (exact) mass is 614 g/mol. The number of nitrogens with one attached hydrogen (secondary N) is 3. The molecule has 10 nitrogen and oxygen atoms in total. The van der Waals surface area contributed by atoms with Crippen LogP contribution >= 0.6 is 11.3 Å². The van der Waals surface area contributed by atoms with Gasteiger partial charge in [0, 0.05) is 77.3 Å². The number of piperazine rings is 1. The fourth-order valence-corrected chi connectivity index (χ4v) is 6.80. The van der Waals surface area contributed by atoms with Crippen LogP contribution < -0.4 is 16.0 Å². The smallest absolute Gasteiger partial charge is 0.243 e. The quantitative estimate of drug-likeness (QED) is 0.318. The number of benzene rings is 1. The fourth-order valence-electron chi connectivity index (χ4n) is 5.74. The maximum absolute atomic E-state index is 13.8. The molecule has 0 spiro atoms. The van der Waals surface area contributed by atoms with Crippen molar-refractivity contribution in [3.63, 3.8) is 0 Å². The number of thiazole rings is 1. The standard InChI is InChI=1S/C32H50N6O4S/c1-6-29(39)34-26(18-30-35-25-8-7-24(21(2)3)17-28(25)43-30)32(41)36-27(23-9-15-42-16-10-23)19-33-31(40)22(4)20-38-13-11-37(5)12-14-38/h7-8,17,21-23,26-27H,6,9-16,18-20H2,1-5H3,(H,33,40)(H,34,39)(H,36,41)/t22?,26-,27+/m0/s1. The van der Waals surface area contributed by atoms with Gasteiger partial charge < -0.3 is 30.5 Å². The second-order valence-corrected chi connectivity index (χ2v) is 13.6. The molecule has 4 rings (SSSR count). The van der Waals surface area contributed by atoms with Crippen LogP contribution in [-0.2, 0) is 25.5 Å². The van der Waals surface area contributed by atoms with Gasteiger partial charge in [-0.1, -0.05) is 33.8 Å². The minimum atomic E-state index is -0.758. The zero-order chi connectivity index (χ0) is 30.9. The van der Waals surface area contributed by atoms with E-state index >= 15 is 0 Å². The third kappa shape index (κ3) is 9.69. The Bertz CT molecular complexity index is 1220. The Morgan fingerprint density at radius 1 is 1.05 bits per heavy atom. The molecule has 2 saturated heterocycles. The van der Waals surface area contributed by atoms with Crippen molar-refractivity contribution in [1.29, 1.82) is 0 Å². The summed E-state index contributed by atoms with van der Waals surface area (Å²) in [6, 6.07) is 5.26. The normalized spacial score (nSPS) is 19.2. The third-order valence-corrected chi connectivity index (χ3v) is 9.75. The second-order valence-electron chi connectivity index (χ2n) is 12.5. The number of carbonyl (C=O) groups is 3. The van der Waals surface area contributed by atoms with Crippen molar-refractivity contribution in [2.75, 3.05) is 59.5 Å². The third-order valence-electron chi connectivity index (χ3n) is 8.71. The van der Waals surface area contributed by atoms with Crippen LogP contribution in [-0.4, -0.2) is 104 Å². The molecular weight excluding hydrogens is 564 g/mol. The van der Waals surface area contributed by atoms with Crippen LogP contribution in [0.5, 0.6) is 0 Å². The van der Waals surface area contributed by atoms with Crippen LogP contribution in [0, 0.1) is 11.8 Å². The average Bonchev–Trinajstić information content (AvgIpc) is 3.41. The van der Waals surface area contributed by atoms with Gasteiger partial charge in [0.25, 0.3) is 0 Å². The molecule has 1 aromatic carbocycles. The molecule has 2 fully saturated rings. The van der Waals surface area contributed by atoms with E-state index in [1.54, 1.807) is 18.3 Å². The maximum Gasteiger partial charge on any atom is 0.243 e. The number of hydrogen-bond acceptors (Lipinski definition) is 8. The van der Waals surface area contributed by atoms with Crippen molar-refractivity contribution in [2.24, 2.45) is 11.8 Å². The molecule has 2 aliphatic heterocycles. The highest BCUT2D eigenvalue weighted by atomic mass is 32.1. The lowest BCUT2D eigenvalue weighted by Crippen LogP contribution is -2.56. The Balaban J connectivity index is 1.42. The van der Waals surface area contributed by atoms with E-state index < -0.39 is 6.04 Å². The van der Waals surface area contributed by atoms with Gasteiger partial charge in [-0.25, -0.2) is 4.98 Å². The highest BCUT2D eigenvalue weighted by Gasteiger charge is 2.31. The van der Waals surface area contributed by atoms with E-state index in [1.807, 2.05) is 13.0 Å². The lowest BCUT2D eigenvalue weighted by Gasteiger charge is -2.34. The molecule has 0 radical (unpaired) electrons. The number of carbonyl (C=O) groups excluding carboxylic acids is 3. The summed E-state index contributed by atoms with van der Waals surface area (Å²) in [5.74, 6) is -0.00479. The first kappa shape index (κ1) is 33.3. The molecule has 3 amide bonds. The summed E-state index contributed by atoms with van der Waals surface area (Å²) in [5.41, 5.74) is 2.15. The van der Waals surface area contributed by atoms with Crippen LogP contribution in [0.15, 0.2) is 18.2 Å². The van der Waals surface area contributed by atoms with E-state index in [9.17, 15) is 14.4 Å². The van der Waals surface area contributed by atoms with Gasteiger partial charge in [-0.3, -0.25) is 14.4 Å². The zero-order valence-electron chi connectivity index (χ0n) is 26.5. The SMILES string of the molecule is CCC(=O)N[C@@H](Cc1nc2ccc(C(C)C)cc2s1)C(=O)N[C@H](CNC(=O)C(C)CN1CCN(C)CC1)C1CCOCC1. The van der Waals surface area contributed by atoms with Crippen molar-refractivity contribution in [1.82, 2.24) is 30.7 Å². The van der Waals surface area contributed by atoms with E-state index in [0.29, 0.717) is 32.1 Å². The molecule has 11 heteroatoms. The number of rotatable bonds is 13. The molecule has 0 bridgehead atoms. The Kier molecular flexibility index (Phi) is 12.3. The number of amides is 3. The predicted molar refractivity (Wildman–Crippen MR) is 171 cm³/mol. The average molecular weight is 615 g/mol. The largest absolute Gasteiger partial charge is 0.381 e. The van der Waals surface area contributed by atoms with Crippen molar-refractivity contribution >= 4 is 39.3 Å². The van der Waals surface area contributed by atoms with E-state index in [1.165, 1.54) is 5.56 Å². The summed E-state index contributed by atoms with van der Waals surface area (Å²) >= 11 is 1.57. The summed E-state index contributed by atoms with van der Waals surface area (Å²) in [5, 5.41) is 10.1. The van der Waals surface area contributed by atoms with E-state index in [2.05, 4.69) is 58.8 Å². The van der Waals surface area contributed by atoms with Crippen LogP contribution in [0.1, 0.15) is 63.4 Å². The van der Waals surface area contributed by atoms with E-state index in [-0.39, 0.29) is 42.0 Å². The van der Waals surface area contributed by atoms with Crippen molar-refractivity contribution in [3.05, 3.63) is 28.8 Å². The first-order valence-corrected chi connectivity index (χ1v) is 16.7. The minimum Gasteiger partial charge on any atom is -0.381 e. The fraction of sp³-hybridized carbons (Fsp3) is 0.688. The molecular formula is C32H50N6O4S. The number of aromatic nitrogens is 1.